The van der Waals surface area contributed by atoms with Gasteiger partial charge in [0, 0.05) is 5.41 Å². The molecule has 0 radical (unpaired) electrons. The van der Waals surface area contributed by atoms with Crippen LogP contribution in [0, 0.1) is 28.6 Å². The fourth-order valence-electron chi connectivity index (χ4n) is 2.50. The fourth-order valence-corrected chi connectivity index (χ4v) is 2.50. The molecular weight excluding hydrogens is 312 g/mol. The van der Waals surface area contributed by atoms with Crippen molar-refractivity contribution in [1.29, 1.82) is 5.26 Å². The molecule has 0 heterocycles. The average Bonchev–Trinajstić information content (AvgIpc) is 2.63. The number of nitriles is 1. The van der Waals surface area contributed by atoms with Gasteiger partial charge in [-0.05, 0) is 38.0 Å². The Morgan fingerprint density at radius 2 is 2.12 bits per heavy atom. The molecule has 0 fully saturated rings. The lowest BCUT2D eigenvalue weighted by atomic mass is 9.77. The Bertz CT molecular complexity index is 479. The number of carbonyl (C=O) groups is 1. The predicted molar refractivity (Wildman–Crippen MR) is 104 cm³/mol. The number of nitrogens with one attached hydrogen (secondary N) is 1. The molecule has 25 heavy (non-hydrogen) atoms. The number of amides is 1. The molecule has 4 heteroatoms. The first-order valence-corrected chi connectivity index (χ1v) is 9.11. The second-order valence-electron chi connectivity index (χ2n) is 6.74. The highest BCUT2D eigenvalue weighted by Gasteiger charge is 2.33. The number of nitrogens with zero attached hydrogens (tertiary/aromatic N) is 1. The summed E-state index contributed by atoms with van der Waals surface area (Å²) in [5.74, 6) is 0.327. The van der Waals surface area contributed by atoms with Crippen LogP contribution in [0.15, 0.2) is 37.6 Å². The molecule has 1 N–H and O–H groups in total. The molecule has 0 aromatic rings. The second-order valence-corrected chi connectivity index (χ2v) is 6.74. The Labute approximate surface area is 153 Å². The molecule has 0 aliphatic carbocycles. The van der Waals surface area contributed by atoms with Crippen LogP contribution in [0.5, 0.6) is 0 Å². The summed E-state index contributed by atoms with van der Waals surface area (Å²) >= 11 is 0. The van der Waals surface area contributed by atoms with Gasteiger partial charge in [0.1, 0.15) is 6.61 Å². The van der Waals surface area contributed by atoms with E-state index in [9.17, 15) is 10.1 Å². The van der Waals surface area contributed by atoms with E-state index < -0.39 is 5.41 Å². The van der Waals surface area contributed by atoms with Crippen molar-refractivity contribution in [2.45, 2.75) is 52.9 Å². The summed E-state index contributed by atoms with van der Waals surface area (Å²) in [6.07, 6.45) is 11.5. The molecule has 0 rings (SSSR count). The molecule has 0 aliphatic heterocycles. The summed E-state index contributed by atoms with van der Waals surface area (Å²) in [4.78, 5) is 12.5. The van der Waals surface area contributed by atoms with Crippen molar-refractivity contribution in [3.63, 3.8) is 0 Å². The van der Waals surface area contributed by atoms with E-state index in [1.165, 1.54) is 6.26 Å². The minimum absolute atomic E-state index is 0.0216. The van der Waals surface area contributed by atoms with E-state index in [0.29, 0.717) is 38.3 Å². The Hall–Kier alpha value is -2.02. The zero-order chi connectivity index (χ0) is 19.1. The number of hydrogen-bond acceptors (Lipinski definition) is 3. The van der Waals surface area contributed by atoms with Gasteiger partial charge in [-0.2, -0.15) is 5.26 Å². The summed E-state index contributed by atoms with van der Waals surface area (Å²) in [6, 6.07) is 2.35. The summed E-state index contributed by atoms with van der Waals surface area (Å²) in [7, 11) is 0. The van der Waals surface area contributed by atoms with Crippen LogP contribution in [-0.4, -0.2) is 19.1 Å². The molecule has 0 spiro atoms. The van der Waals surface area contributed by atoms with Gasteiger partial charge in [0.2, 0.25) is 5.91 Å². The number of rotatable bonds is 14. The molecule has 1 amide bonds. The SMILES string of the molecule is C=COCCNC(=O)C(C)(CC)CC(C#N)C/C=C/CCC(C)C=C. The topological polar surface area (TPSA) is 62.1 Å². The largest absolute Gasteiger partial charge is 0.500 e. The van der Waals surface area contributed by atoms with Crippen molar-refractivity contribution < 1.29 is 9.53 Å². The minimum atomic E-state index is -0.542. The van der Waals surface area contributed by atoms with Gasteiger partial charge in [-0.25, -0.2) is 0 Å². The smallest absolute Gasteiger partial charge is 0.226 e. The first-order valence-electron chi connectivity index (χ1n) is 9.11. The zero-order valence-corrected chi connectivity index (χ0v) is 16.1. The summed E-state index contributed by atoms with van der Waals surface area (Å²) in [6.45, 7) is 14.2. The monoisotopic (exact) mass is 346 g/mol. The number of allylic oxidation sites excluding steroid dienone is 3. The fraction of sp³-hybridized carbons (Fsp3) is 0.619. The average molecular weight is 347 g/mol. The maximum atomic E-state index is 12.5. The predicted octanol–water partition coefficient (Wildman–Crippen LogP) is 4.76. The van der Waals surface area contributed by atoms with Crippen LogP contribution in [0.3, 0.4) is 0 Å². The van der Waals surface area contributed by atoms with E-state index in [4.69, 9.17) is 4.74 Å². The number of carbonyl (C=O) groups excluding carboxylic acids is 1. The normalized spacial score (nSPS) is 15.6. The van der Waals surface area contributed by atoms with Crippen LogP contribution in [-0.2, 0) is 9.53 Å². The third kappa shape index (κ3) is 9.76. The summed E-state index contributed by atoms with van der Waals surface area (Å²) in [5.41, 5.74) is -0.542. The highest BCUT2D eigenvalue weighted by molar-refractivity contribution is 5.82. The van der Waals surface area contributed by atoms with Gasteiger partial charge in [0.15, 0.2) is 0 Å². The van der Waals surface area contributed by atoms with E-state index in [-0.39, 0.29) is 11.8 Å². The van der Waals surface area contributed by atoms with E-state index in [1.807, 2.05) is 19.9 Å². The first-order chi connectivity index (χ1) is 11.9. The maximum Gasteiger partial charge on any atom is 0.226 e. The van der Waals surface area contributed by atoms with Crippen LogP contribution >= 0.6 is 0 Å². The van der Waals surface area contributed by atoms with Gasteiger partial charge < -0.3 is 10.1 Å². The molecule has 0 aromatic carbocycles. The van der Waals surface area contributed by atoms with Gasteiger partial charge in [-0.15, -0.1) is 6.58 Å². The van der Waals surface area contributed by atoms with Crippen molar-refractivity contribution in [3.05, 3.63) is 37.6 Å². The zero-order valence-electron chi connectivity index (χ0n) is 16.1. The summed E-state index contributed by atoms with van der Waals surface area (Å²) < 4.78 is 5.01. The molecule has 3 atom stereocenters. The van der Waals surface area contributed by atoms with Crippen molar-refractivity contribution in [2.24, 2.45) is 17.3 Å². The minimum Gasteiger partial charge on any atom is -0.500 e. The third-order valence-electron chi connectivity index (χ3n) is 4.61. The Morgan fingerprint density at radius 1 is 1.40 bits per heavy atom. The van der Waals surface area contributed by atoms with Crippen molar-refractivity contribution in [3.8, 4) is 6.07 Å². The van der Waals surface area contributed by atoms with Crippen LogP contribution in [0.2, 0.25) is 0 Å². The molecule has 0 aliphatic rings. The van der Waals surface area contributed by atoms with Gasteiger partial charge in [-0.3, -0.25) is 4.79 Å². The first kappa shape index (κ1) is 23.0. The van der Waals surface area contributed by atoms with Crippen LogP contribution in [0.25, 0.3) is 0 Å². The maximum absolute atomic E-state index is 12.5. The second kappa shape index (κ2) is 13.3. The van der Waals surface area contributed by atoms with Gasteiger partial charge >= 0.3 is 0 Å². The number of ether oxygens (including phenoxy) is 1. The molecule has 3 unspecified atom stereocenters. The molecule has 0 saturated carbocycles. The van der Waals surface area contributed by atoms with Crippen LogP contribution < -0.4 is 5.32 Å². The molecule has 4 nitrogen and oxygen atoms in total. The van der Waals surface area contributed by atoms with Gasteiger partial charge in [0.05, 0.1) is 24.8 Å². The van der Waals surface area contributed by atoms with Crippen molar-refractivity contribution in [1.82, 2.24) is 5.32 Å². The Morgan fingerprint density at radius 3 is 2.68 bits per heavy atom. The van der Waals surface area contributed by atoms with Crippen LogP contribution in [0.1, 0.15) is 52.9 Å². The Kier molecular flexibility index (Phi) is 12.2. The lowest BCUT2D eigenvalue weighted by Crippen LogP contribution is -2.41. The molecule has 0 aromatic heterocycles. The highest BCUT2D eigenvalue weighted by atomic mass is 16.5. The van der Waals surface area contributed by atoms with E-state index in [2.05, 4.69) is 43.6 Å². The van der Waals surface area contributed by atoms with Crippen molar-refractivity contribution >= 4 is 5.91 Å². The lowest BCUT2D eigenvalue weighted by molar-refractivity contribution is -0.131. The van der Waals surface area contributed by atoms with Crippen molar-refractivity contribution in [2.75, 3.05) is 13.2 Å². The van der Waals surface area contributed by atoms with Crippen LogP contribution in [0.4, 0.5) is 0 Å². The highest BCUT2D eigenvalue weighted by Crippen LogP contribution is 2.31. The number of hydrogen-bond donors (Lipinski definition) is 1. The molecule has 0 saturated heterocycles. The quantitative estimate of drug-likeness (QED) is 0.280. The van der Waals surface area contributed by atoms with Gasteiger partial charge in [-0.1, -0.05) is 45.6 Å². The Balaban J connectivity index is 4.48. The lowest BCUT2D eigenvalue weighted by Gasteiger charge is -2.28. The van der Waals surface area contributed by atoms with Gasteiger partial charge in [0.25, 0.3) is 0 Å². The molecular formula is C21H34N2O2. The molecule has 140 valence electrons. The van der Waals surface area contributed by atoms with E-state index in [0.717, 1.165) is 12.8 Å². The van der Waals surface area contributed by atoms with E-state index in [1.54, 1.807) is 0 Å². The standard InChI is InChI=1S/C21H34N2O2/c1-6-18(4)12-10-9-11-13-19(17-22)16-21(5,7-2)20(24)23-14-15-25-8-3/h6,8-9,11,18-19H,1,3,7,10,12-16H2,2,4-5H3,(H,23,24)/b11-9+. The summed E-state index contributed by atoms with van der Waals surface area (Å²) in [5, 5.41) is 12.3. The molecule has 0 bridgehead atoms. The third-order valence-corrected chi connectivity index (χ3v) is 4.61. The van der Waals surface area contributed by atoms with E-state index >= 15 is 0 Å².